The summed E-state index contributed by atoms with van der Waals surface area (Å²) in [5.41, 5.74) is -1.83. The van der Waals surface area contributed by atoms with Crippen molar-refractivity contribution in [3.8, 4) is 0 Å². The number of carbonyl (C=O) groups excluding carboxylic acids is 2. The number of aromatic nitrogens is 1. The van der Waals surface area contributed by atoms with Gasteiger partial charge in [0.25, 0.3) is 0 Å². The first-order chi connectivity index (χ1) is 14.2. The van der Waals surface area contributed by atoms with Crippen molar-refractivity contribution >= 4 is 17.3 Å². The third-order valence-electron chi connectivity index (χ3n) is 5.27. The summed E-state index contributed by atoms with van der Waals surface area (Å²) >= 11 is 0. The third kappa shape index (κ3) is 4.62. The summed E-state index contributed by atoms with van der Waals surface area (Å²) in [7, 11) is 0. The average Bonchev–Trinajstić information content (AvgIpc) is 3.15. The predicted octanol–water partition coefficient (Wildman–Crippen LogP) is 3.66. The topological polar surface area (TPSA) is 85.7 Å². The van der Waals surface area contributed by atoms with Crippen molar-refractivity contribution in [3.05, 3.63) is 47.3 Å². The van der Waals surface area contributed by atoms with Gasteiger partial charge in [0.1, 0.15) is 17.0 Å². The van der Waals surface area contributed by atoms with E-state index in [0.717, 1.165) is 6.07 Å². The Balaban J connectivity index is 1.91. The fourth-order valence-electron chi connectivity index (χ4n) is 3.79. The van der Waals surface area contributed by atoms with Crippen molar-refractivity contribution in [1.29, 1.82) is 0 Å². The van der Waals surface area contributed by atoms with E-state index in [1.54, 1.807) is 6.08 Å². The molecule has 6 nitrogen and oxygen atoms in total. The maximum Gasteiger partial charge on any atom is 0.433 e. The molecule has 0 amide bonds. The van der Waals surface area contributed by atoms with E-state index in [2.05, 4.69) is 11.6 Å². The molecule has 0 spiro atoms. The first-order valence-electron chi connectivity index (χ1n) is 9.59. The molecule has 2 bridgehead atoms. The van der Waals surface area contributed by atoms with Crippen molar-refractivity contribution in [3.63, 3.8) is 0 Å². The van der Waals surface area contributed by atoms with E-state index in [-0.39, 0.29) is 48.5 Å². The molecule has 3 rings (SSSR count). The minimum Gasteiger partial charge on any atom is -0.506 e. The lowest BCUT2D eigenvalue weighted by molar-refractivity contribution is -0.141. The van der Waals surface area contributed by atoms with E-state index in [4.69, 9.17) is 9.47 Å². The van der Waals surface area contributed by atoms with Gasteiger partial charge in [-0.2, -0.15) is 13.2 Å². The molecule has 2 aliphatic rings. The molecule has 1 N–H and O–H groups in total. The number of pyridine rings is 1. The van der Waals surface area contributed by atoms with Gasteiger partial charge in [0, 0.05) is 17.4 Å². The van der Waals surface area contributed by atoms with Gasteiger partial charge in [-0.3, -0.25) is 9.59 Å². The summed E-state index contributed by atoms with van der Waals surface area (Å²) in [6.07, 6.45) is -1.56. The van der Waals surface area contributed by atoms with Crippen LogP contribution in [0.15, 0.2) is 30.4 Å². The highest BCUT2D eigenvalue weighted by Gasteiger charge is 2.45. The molecular weight excluding hydrogens is 403 g/mol. The maximum atomic E-state index is 13.1. The summed E-state index contributed by atoms with van der Waals surface area (Å²) in [6, 6.07) is 1.72. The van der Waals surface area contributed by atoms with E-state index >= 15 is 0 Å². The Hall–Kier alpha value is -2.52. The molecule has 2 aliphatic carbocycles. The molecule has 0 radical (unpaired) electrons. The molecule has 2 atom stereocenters. The number of fused-ring (bicyclic) bond motifs is 2. The van der Waals surface area contributed by atoms with Crippen molar-refractivity contribution in [2.45, 2.75) is 32.0 Å². The molecule has 162 valence electrons. The van der Waals surface area contributed by atoms with Crippen molar-refractivity contribution in [2.24, 2.45) is 11.8 Å². The average molecular weight is 425 g/mol. The zero-order valence-corrected chi connectivity index (χ0v) is 16.2. The number of ketones is 2. The Bertz CT molecular complexity index is 854. The van der Waals surface area contributed by atoms with Crippen LogP contribution in [0, 0.1) is 11.8 Å². The molecule has 0 saturated heterocycles. The number of hydrogen-bond donors (Lipinski definition) is 1. The first-order valence-corrected chi connectivity index (χ1v) is 9.59. The van der Waals surface area contributed by atoms with Crippen molar-refractivity contribution < 1.29 is 37.3 Å². The Kier molecular flexibility index (Phi) is 6.72. The van der Waals surface area contributed by atoms with E-state index in [0.29, 0.717) is 31.9 Å². The lowest BCUT2D eigenvalue weighted by atomic mass is 9.81. The maximum absolute atomic E-state index is 13.1. The molecule has 1 heterocycles. The minimum atomic E-state index is -4.70. The van der Waals surface area contributed by atoms with E-state index < -0.39 is 29.2 Å². The number of halogens is 3. The van der Waals surface area contributed by atoms with E-state index in [1.807, 2.05) is 0 Å². The minimum absolute atomic E-state index is 0.0740. The molecule has 30 heavy (non-hydrogen) atoms. The van der Waals surface area contributed by atoms with Crippen LogP contribution in [0.25, 0.3) is 5.76 Å². The SMILES string of the molecule is C=CCOCCOCc1nc(C(F)(F)F)ccc1C(O)=C1C(=O)C2CCC(C2)C1=O. The van der Waals surface area contributed by atoms with Gasteiger partial charge in [-0.25, -0.2) is 4.98 Å². The molecular formula is C21H22F3NO5. The van der Waals surface area contributed by atoms with E-state index in [1.165, 1.54) is 0 Å². The molecule has 1 aromatic rings. The van der Waals surface area contributed by atoms with Gasteiger partial charge in [-0.1, -0.05) is 6.08 Å². The molecule has 0 aromatic carbocycles. The van der Waals surface area contributed by atoms with E-state index in [9.17, 15) is 27.9 Å². The molecule has 2 saturated carbocycles. The number of hydrogen-bond acceptors (Lipinski definition) is 6. The summed E-state index contributed by atoms with van der Waals surface area (Å²) in [5.74, 6) is -2.24. The van der Waals surface area contributed by atoms with Gasteiger partial charge in [-0.05, 0) is 31.4 Å². The highest BCUT2D eigenvalue weighted by atomic mass is 19.4. The number of alkyl halides is 3. The Morgan fingerprint density at radius 3 is 2.40 bits per heavy atom. The summed E-state index contributed by atoms with van der Waals surface area (Å²) in [5, 5.41) is 10.7. The van der Waals surface area contributed by atoms with Crippen LogP contribution in [-0.4, -0.2) is 41.5 Å². The molecule has 2 fully saturated rings. The quantitative estimate of drug-likeness (QED) is 0.225. The second kappa shape index (κ2) is 9.09. The van der Waals surface area contributed by atoms with Gasteiger partial charge < -0.3 is 14.6 Å². The number of aliphatic hydroxyl groups is 1. The van der Waals surface area contributed by atoms with Crippen LogP contribution in [0.3, 0.4) is 0 Å². The van der Waals surface area contributed by atoms with Crippen LogP contribution in [0.1, 0.15) is 36.2 Å². The van der Waals surface area contributed by atoms with Crippen LogP contribution in [-0.2, 0) is 31.8 Å². The lowest BCUT2D eigenvalue weighted by Gasteiger charge is -2.21. The summed E-state index contributed by atoms with van der Waals surface area (Å²) in [6.45, 7) is 3.70. The molecule has 0 aliphatic heterocycles. The monoisotopic (exact) mass is 425 g/mol. The van der Waals surface area contributed by atoms with Crippen LogP contribution in [0.4, 0.5) is 13.2 Å². The smallest absolute Gasteiger partial charge is 0.433 e. The number of Topliss-reactive ketones (excluding diaryl/α,β-unsaturated/α-hetero) is 2. The fraction of sp³-hybridized carbons (Fsp3) is 0.476. The van der Waals surface area contributed by atoms with Crippen molar-refractivity contribution in [1.82, 2.24) is 4.98 Å². The second-order valence-corrected chi connectivity index (χ2v) is 7.26. The normalized spacial score (nSPS) is 21.2. The van der Waals surface area contributed by atoms with Gasteiger partial charge in [0.05, 0.1) is 32.1 Å². The molecule has 9 heteroatoms. The van der Waals surface area contributed by atoms with Gasteiger partial charge >= 0.3 is 6.18 Å². The zero-order valence-electron chi connectivity index (χ0n) is 16.2. The Morgan fingerprint density at radius 1 is 1.17 bits per heavy atom. The number of rotatable bonds is 8. The first kappa shape index (κ1) is 22.2. The standard InChI is InChI=1S/C21H22F3NO5/c1-2-7-29-8-9-30-11-15-14(5-6-16(25-15)21(22,23)24)20(28)17-18(26)12-3-4-13(10-12)19(17)27/h2,5-6,12-13,28H,1,3-4,7-11H2. The van der Waals surface area contributed by atoms with Crippen molar-refractivity contribution in [2.75, 3.05) is 19.8 Å². The molecule has 1 aromatic heterocycles. The lowest BCUT2D eigenvalue weighted by Crippen LogP contribution is -2.30. The second-order valence-electron chi connectivity index (χ2n) is 7.26. The van der Waals surface area contributed by atoms with Crippen LogP contribution >= 0.6 is 0 Å². The van der Waals surface area contributed by atoms with Crippen LogP contribution in [0.5, 0.6) is 0 Å². The van der Waals surface area contributed by atoms with Gasteiger partial charge in [0.15, 0.2) is 11.6 Å². The molecule has 2 unspecified atom stereocenters. The Labute approximate surface area is 171 Å². The number of carbonyl (C=O) groups is 2. The summed E-state index contributed by atoms with van der Waals surface area (Å²) < 4.78 is 49.8. The highest BCUT2D eigenvalue weighted by molar-refractivity contribution is 6.27. The number of nitrogens with zero attached hydrogens (tertiary/aromatic N) is 1. The zero-order chi connectivity index (χ0) is 21.9. The third-order valence-corrected chi connectivity index (χ3v) is 5.27. The van der Waals surface area contributed by atoms with Crippen LogP contribution in [0.2, 0.25) is 0 Å². The number of ether oxygens (including phenoxy) is 2. The summed E-state index contributed by atoms with van der Waals surface area (Å²) in [4.78, 5) is 28.8. The number of aliphatic hydroxyl groups excluding tert-OH is 1. The van der Waals surface area contributed by atoms with Gasteiger partial charge in [-0.15, -0.1) is 6.58 Å². The largest absolute Gasteiger partial charge is 0.506 e. The highest BCUT2D eigenvalue weighted by Crippen LogP contribution is 2.42. The predicted molar refractivity (Wildman–Crippen MR) is 100 cm³/mol. The number of allylic oxidation sites excluding steroid dienone is 1. The fourth-order valence-corrected chi connectivity index (χ4v) is 3.79. The van der Waals surface area contributed by atoms with Crippen LogP contribution < -0.4 is 0 Å². The Morgan fingerprint density at radius 2 is 1.80 bits per heavy atom. The van der Waals surface area contributed by atoms with Gasteiger partial charge in [0.2, 0.25) is 0 Å².